The molecule has 1 aromatic rings. The first-order valence-electron chi connectivity index (χ1n) is 5.70. The van der Waals surface area contributed by atoms with E-state index in [0.717, 1.165) is 13.0 Å². The second-order valence-electron chi connectivity index (χ2n) is 4.12. The van der Waals surface area contributed by atoms with Crippen molar-refractivity contribution < 1.29 is 9.13 Å². The molecule has 0 radical (unpaired) electrons. The molecule has 0 bridgehead atoms. The number of hydrogen-bond acceptors (Lipinski definition) is 4. The van der Waals surface area contributed by atoms with Gasteiger partial charge in [-0.2, -0.15) is 0 Å². The van der Waals surface area contributed by atoms with Crippen LogP contribution >= 0.6 is 0 Å². The summed E-state index contributed by atoms with van der Waals surface area (Å²) in [6.45, 7) is 1.87. The van der Waals surface area contributed by atoms with Crippen molar-refractivity contribution in [3.63, 3.8) is 0 Å². The number of nitrogens with zero attached hydrogens (tertiary/aromatic N) is 2. The second kappa shape index (κ2) is 7.19. The number of hydrogen-bond donors (Lipinski definition) is 1. The summed E-state index contributed by atoms with van der Waals surface area (Å²) < 4.78 is 19.1. The summed E-state index contributed by atoms with van der Waals surface area (Å²) in [5.74, 6) is -0.275. The van der Waals surface area contributed by atoms with Crippen molar-refractivity contribution in [3.8, 4) is 5.88 Å². The smallest absolute Gasteiger partial charge is 0.250 e. The molecule has 0 amide bonds. The number of halogens is 1. The van der Waals surface area contributed by atoms with Crippen LogP contribution in [0.15, 0.2) is 12.3 Å². The lowest BCUT2D eigenvalue weighted by Gasteiger charge is -2.11. The van der Waals surface area contributed by atoms with Gasteiger partial charge in [-0.3, -0.25) is 0 Å². The largest absolute Gasteiger partial charge is 0.476 e. The minimum atomic E-state index is -0.369. The average molecular weight is 241 g/mol. The van der Waals surface area contributed by atoms with Gasteiger partial charge >= 0.3 is 0 Å². The maximum absolute atomic E-state index is 13.8. The van der Waals surface area contributed by atoms with Gasteiger partial charge in [0.15, 0.2) is 5.82 Å². The Kier molecular flexibility index (Phi) is 5.86. The van der Waals surface area contributed by atoms with Gasteiger partial charge < -0.3 is 15.0 Å². The molecule has 0 unspecified atom stereocenters. The van der Waals surface area contributed by atoms with Crippen molar-refractivity contribution in [2.45, 2.75) is 13.0 Å². The first kappa shape index (κ1) is 13.9. The Morgan fingerprint density at radius 2 is 2.24 bits per heavy atom. The Hall–Kier alpha value is -1.20. The third-order valence-corrected chi connectivity index (χ3v) is 2.29. The molecule has 17 heavy (non-hydrogen) atoms. The van der Waals surface area contributed by atoms with Crippen molar-refractivity contribution in [2.24, 2.45) is 0 Å². The van der Waals surface area contributed by atoms with Gasteiger partial charge in [0, 0.05) is 24.8 Å². The molecule has 5 heteroatoms. The van der Waals surface area contributed by atoms with Crippen molar-refractivity contribution in [3.05, 3.63) is 23.6 Å². The van der Waals surface area contributed by atoms with E-state index in [-0.39, 0.29) is 11.7 Å². The van der Waals surface area contributed by atoms with Crippen LogP contribution in [0.25, 0.3) is 0 Å². The van der Waals surface area contributed by atoms with Crippen LogP contribution in [0.4, 0.5) is 4.39 Å². The van der Waals surface area contributed by atoms with Gasteiger partial charge in [-0.25, -0.2) is 9.37 Å². The lowest BCUT2D eigenvalue weighted by Crippen LogP contribution is -2.16. The minimum absolute atomic E-state index is 0.0940. The normalized spacial score (nSPS) is 10.9. The highest BCUT2D eigenvalue weighted by atomic mass is 19.1. The number of ether oxygens (including phenoxy) is 1. The van der Waals surface area contributed by atoms with Crippen LogP contribution in [0.3, 0.4) is 0 Å². The molecule has 96 valence electrons. The van der Waals surface area contributed by atoms with Gasteiger partial charge in [0.05, 0.1) is 6.61 Å². The molecular formula is C12H20FN3O. The lowest BCUT2D eigenvalue weighted by atomic mass is 10.2. The van der Waals surface area contributed by atoms with Crippen LogP contribution in [0.5, 0.6) is 5.88 Å². The lowest BCUT2D eigenvalue weighted by molar-refractivity contribution is 0.260. The monoisotopic (exact) mass is 241 g/mol. The van der Waals surface area contributed by atoms with E-state index in [0.29, 0.717) is 18.7 Å². The van der Waals surface area contributed by atoms with E-state index < -0.39 is 0 Å². The van der Waals surface area contributed by atoms with E-state index in [1.807, 2.05) is 14.1 Å². The van der Waals surface area contributed by atoms with Crippen LogP contribution in [-0.2, 0) is 6.54 Å². The fourth-order valence-corrected chi connectivity index (χ4v) is 1.44. The van der Waals surface area contributed by atoms with Crippen LogP contribution in [0.1, 0.15) is 12.0 Å². The number of pyridine rings is 1. The Labute approximate surface area is 102 Å². The number of aromatic nitrogens is 1. The zero-order valence-electron chi connectivity index (χ0n) is 10.7. The van der Waals surface area contributed by atoms with E-state index in [2.05, 4.69) is 15.2 Å². The second-order valence-corrected chi connectivity index (χ2v) is 4.12. The summed E-state index contributed by atoms with van der Waals surface area (Å²) in [6, 6.07) is 1.65. The maximum Gasteiger partial charge on any atom is 0.250 e. The van der Waals surface area contributed by atoms with Gasteiger partial charge in [0.1, 0.15) is 0 Å². The Morgan fingerprint density at radius 3 is 2.88 bits per heavy atom. The van der Waals surface area contributed by atoms with Gasteiger partial charge in [-0.1, -0.05) is 0 Å². The predicted octanol–water partition coefficient (Wildman–Crippen LogP) is 1.27. The predicted molar refractivity (Wildman–Crippen MR) is 65.6 cm³/mol. The number of rotatable bonds is 7. The topological polar surface area (TPSA) is 37.4 Å². The molecule has 0 saturated carbocycles. The Balaban J connectivity index is 2.50. The summed E-state index contributed by atoms with van der Waals surface area (Å²) in [6.07, 6.45) is 2.42. The van der Waals surface area contributed by atoms with Crippen molar-refractivity contribution in [1.29, 1.82) is 0 Å². The SMILES string of the molecule is CNCc1ccnc(OCCCN(C)C)c1F. The molecule has 1 N–H and O–H groups in total. The molecule has 0 fully saturated rings. The van der Waals surface area contributed by atoms with Crippen LogP contribution in [-0.4, -0.2) is 44.2 Å². The standard InChI is InChI=1S/C12H20FN3O/c1-14-9-10-5-6-15-12(11(10)13)17-8-4-7-16(2)3/h5-6,14H,4,7-9H2,1-3H3. The summed E-state index contributed by atoms with van der Waals surface area (Å²) in [5.41, 5.74) is 0.574. The summed E-state index contributed by atoms with van der Waals surface area (Å²) in [4.78, 5) is 5.96. The molecule has 0 aliphatic heterocycles. The fraction of sp³-hybridized carbons (Fsp3) is 0.583. The number of nitrogens with one attached hydrogen (secondary N) is 1. The van der Waals surface area contributed by atoms with Crippen molar-refractivity contribution in [1.82, 2.24) is 15.2 Å². The van der Waals surface area contributed by atoms with Crippen LogP contribution in [0, 0.1) is 5.82 Å². The fourth-order valence-electron chi connectivity index (χ4n) is 1.44. The maximum atomic E-state index is 13.8. The minimum Gasteiger partial charge on any atom is -0.476 e. The van der Waals surface area contributed by atoms with E-state index in [9.17, 15) is 4.39 Å². The molecule has 0 aliphatic carbocycles. The summed E-state index contributed by atoms with van der Waals surface area (Å²) in [7, 11) is 5.76. The third kappa shape index (κ3) is 4.66. The quantitative estimate of drug-likeness (QED) is 0.730. The highest BCUT2D eigenvalue weighted by Crippen LogP contribution is 2.17. The first-order valence-corrected chi connectivity index (χ1v) is 5.70. The molecule has 0 atom stereocenters. The van der Waals surface area contributed by atoms with Crippen molar-refractivity contribution in [2.75, 3.05) is 34.3 Å². The summed E-state index contributed by atoms with van der Waals surface area (Å²) >= 11 is 0. The molecule has 1 rings (SSSR count). The zero-order chi connectivity index (χ0) is 12.7. The molecule has 1 heterocycles. The highest BCUT2D eigenvalue weighted by Gasteiger charge is 2.09. The molecule has 4 nitrogen and oxygen atoms in total. The first-order chi connectivity index (χ1) is 8.15. The highest BCUT2D eigenvalue weighted by molar-refractivity contribution is 5.23. The molecule has 0 aromatic carbocycles. The van der Waals surface area contributed by atoms with Crippen LogP contribution in [0.2, 0.25) is 0 Å². The molecular weight excluding hydrogens is 221 g/mol. The summed E-state index contributed by atoms with van der Waals surface area (Å²) in [5, 5.41) is 2.90. The molecule has 1 aromatic heterocycles. The van der Waals surface area contributed by atoms with Gasteiger partial charge in [0.25, 0.3) is 5.88 Å². The van der Waals surface area contributed by atoms with Gasteiger partial charge in [-0.05, 0) is 33.6 Å². The van der Waals surface area contributed by atoms with E-state index in [4.69, 9.17) is 4.74 Å². The van der Waals surface area contributed by atoms with Crippen LogP contribution < -0.4 is 10.1 Å². The Morgan fingerprint density at radius 1 is 1.47 bits per heavy atom. The molecule has 0 saturated heterocycles. The van der Waals surface area contributed by atoms with E-state index in [1.165, 1.54) is 0 Å². The van der Waals surface area contributed by atoms with E-state index in [1.54, 1.807) is 19.3 Å². The van der Waals surface area contributed by atoms with Gasteiger partial charge in [-0.15, -0.1) is 0 Å². The third-order valence-electron chi connectivity index (χ3n) is 2.29. The molecule has 0 spiro atoms. The molecule has 0 aliphatic rings. The Bertz CT molecular complexity index is 345. The van der Waals surface area contributed by atoms with Crippen molar-refractivity contribution >= 4 is 0 Å². The van der Waals surface area contributed by atoms with Gasteiger partial charge in [0.2, 0.25) is 0 Å². The zero-order valence-corrected chi connectivity index (χ0v) is 10.7. The van der Waals surface area contributed by atoms with E-state index >= 15 is 0 Å². The average Bonchev–Trinajstić information content (AvgIpc) is 2.29.